The number of thioether (sulfide) groups is 1. The molecule has 25 heavy (non-hydrogen) atoms. The second-order valence-electron chi connectivity index (χ2n) is 5.20. The van der Waals surface area contributed by atoms with E-state index in [9.17, 15) is 14.8 Å². The van der Waals surface area contributed by atoms with Crippen molar-refractivity contribution in [2.45, 2.75) is 18.7 Å². The van der Waals surface area contributed by atoms with Gasteiger partial charge in [0.25, 0.3) is 5.91 Å². The maximum Gasteiger partial charge on any atom is 0.339 e. The van der Waals surface area contributed by atoms with E-state index in [-0.39, 0.29) is 5.56 Å². The fraction of sp³-hybridized carbons (Fsp3) is 0.176. The van der Waals surface area contributed by atoms with Gasteiger partial charge in [0.05, 0.1) is 5.56 Å². The van der Waals surface area contributed by atoms with E-state index in [1.165, 1.54) is 24.5 Å². The predicted molar refractivity (Wildman–Crippen MR) is 91.7 cm³/mol. The molecule has 1 N–H and O–H groups in total. The number of nitrogens with zero attached hydrogens (tertiary/aromatic N) is 2. The lowest BCUT2D eigenvalue weighted by atomic mass is 10.1. The Morgan fingerprint density at radius 3 is 2.44 bits per heavy atom. The second-order valence-corrected chi connectivity index (χ2v) is 6.05. The van der Waals surface area contributed by atoms with Crippen LogP contribution in [0, 0.1) is 29.7 Å². The molecular weight excluding hydrogens is 342 g/mol. The molecule has 0 bridgehead atoms. The third-order valence-corrected chi connectivity index (χ3v) is 3.87. The number of nitriles is 1. The summed E-state index contributed by atoms with van der Waals surface area (Å²) in [6, 6.07) is 6.22. The first-order valence-electron chi connectivity index (χ1n) is 7.23. The lowest BCUT2D eigenvalue weighted by Crippen LogP contribution is -2.25. The molecule has 1 heterocycles. The number of aromatic nitrogens is 1. The molecule has 1 amide bonds. The number of carbonyl (C=O) groups excluding carboxylic acids is 2. The van der Waals surface area contributed by atoms with Gasteiger partial charge in [-0.2, -0.15) is 9.99 Å². The molecule has 0 aliphatic heterocycles. The number of nitrogens with one attached hydrogen (secondary N) is 1. The van der Waals surface area contributed by atoms with Crippen LogP contribution in [0.1, 0.15) is 21.5 Å². The number of hydrogen-bond donors (Lipinski definition) is 1. The molecule has 0 radical (unpaired) electrons. The first kappa shape index (κ1) is 18.3. The molecule has 7 nitrogen and oxygen atoms in total. The standard InChI is InChI=1S/C17H15N3O4S/c1-11-7-14(25-10-18)8-12(2)16(11)19-15(21)9-24-17(22)13-3-5-20(23)6-4-13/h3-8H,9H2,1-2H3,(H,19,21). The number of benzene rings is 1. The summed E-state index contributed by atoms with van der Waals surface area (Å²) in [6.45, 7) is 3.19. The van der Waals surface area contributed by atoms with E-state index in [1.807, 2.05) is 19.2 Å². The van der Waals surface area contributed by atoms with E-state index in [0.717, 1.165) is 27.8 Å². The largest absolute Gasteiger partial charge is 0.619 e. The minimum atomic E-state index is -0.690. The molecule has 0 aliphatic rings. The molecule has 1 aromatic heterocycles. The summed E-state index contributed by atoms with van der Waals surface area (Å²) in [5, 5.41) is 24.3. The van der Waals surface area contributed by atoms with Crippen LogP contribution in [0.5, 0.6) is 0 Å². The van der Waals surface area contributed by atoms with Crippen molar-refractivity contribution in [1.82, 2.24) is 0 Å². The highest BCUT2D eigenvalue weighted by Crippen LogP contribution is 2.27. The molecule has 8 heteroatoms. The summed E-state index contributed by atoms with van der Waals surface area (Å²) in [7, 11) is 0. The number of pyridine rings is 1. The fourth-order valence-electron chi connectivity index (χ4n) is 2.17. The number of aryl methyl sites for hydroxylation is 2. The molecule has 0 spiro atoms. The van der Waals surface area contributed by atoms with Gasteiger partial charge in [0, 0.05) is 22.7 Å². The normalized spacial score (nSPS) is 9.96. The Bertz CT molecular complexity index is 821. The van der Waals surface area contributed by atoms with E-state index in [4.69, 9.17) is 10.00 Å². The van der Waals surface area contributed by atoms with Crippen molar-refractivity contribution in [3.63, 3.8) is 0 Å². The lowest BCUT2D eigenvalue weighted by Gasteiger charge is -2.13. The van der Waals surface area contributed by atoms with Crippen LogP contribution in [-0.4, -0.2) is 18.5 Å². The Morgan fingerprint density at radius 2 is 1.88 bits per heavy atom. The van der Waals surface area contributed by atoms with Crippen molar-refractivity contribution in [2.75, 3.05) is 11.9 Å². The van der Waals surface area contributed by atoms with Gasteiger partial charge < -0.3 is 15.3 Å². The zero-order valence-corrected chi connectivity index (χ0v) is 14.4. The van der Waals surface area contributed by atoms with Gasteiger partial charge in [0.15, 0.2) is 19.0 Å². The van der Waals surface area contributed by atoms with Crippen LogP contribution in [0.3, 0.4) is 0 Å². The van der Waals surface area contributed by atoms with Gasteiger partial charge in [0.1, 0.15) is 5.40 Å². The minimum Gasteiger partial charge on any atom is -0.619 e. The van der Waals surface area contributed by atoms with Crippen LogP contribution in [0.2, 0.25) is 0 Å². The maximum absolute atomic E-state index is 12.0. The highest BCUT2D eigenvalue weighted by atomic mass is 32.2. The summed E-state index contributed by atoms with van der Waals surface area (Å²) >= 11 is 1.04. The van der Waals surface area contributed by atoms with Crippen LogP contribution < -0.4 is 10.0 Å². The third-order valence-electron chi connectivity index (χ3n) is 3.31. The van der Waals surface area contributed by atoms with E-state index >= 15 is 0 Å². The Kier molecular flexibility index (Phi) is 5.98. The topological polar surface area (TPSA) is 106 Å². The first-order chi connectivity index (χ1) is 11.9. The van der Waals surface area contributed by atoms with Crippen LogP contribution in [0.25, 0.3) is 0 Å². The number of hydrogen-bond acceptors (Lipinski definition) is 6. The van der Waals surface area contributed by atoms with Crippen molar-refractivity contribution in [2.24, 2.45) is 0 Å². The zero-order chi connectivity index (χ0) is 18.4. The van der Waals surface area contributed by atoms with Crippen LogP contribution >= 0.6 is 11.8 Å². The van der Waals surface area contributed by atoms with E-state index in [0.29, 0.717) is 10.4 Å². The van der Waals surface area contributed by atoms with Crippen molar-refractivity contribution in [3.05, 3.63) is 58.6 Å². The summed E-state index contributed by atoms with van der Waals surface area (Å²) < 4.78 is 5.48. The number of carbonyl (C=O) groups is 2. The SMILES string of the molecule is Cc1cc(SC#N)cc(C)c1NC(=O)COC(=O)c1cc[n+]([O-])cc1. The molecule has 1 aromatic carbocycles. The van der Waals surface area contributed by atoms with Crippen molar-refractivity contribution in [3.8, 4) is 5.40 Å². The first-order valence-corrected chi connectivity index (χ1v) is 8.05. The van der Waals surface area contributed by atoms with Crippen molar-refractivity contribution >= 4 is 29.3 Å². The average Bonchev–Trinajstić information content (AvgIpc) is 2.57. The van der Waals surface area contributed by atoms with Crippen LogP contribution in [0.4, 0.5) is 5.69 Å². The monoisotopic (exact) mass is 357 g/mol. The zero-order valence-electron chi connectivity index (χ0n) is 13.6. The number of ether oxygens (including phenoxy) is 1. The number of thiocyanates is 1. The molecule has 0 aliphatic carbocycles. The second kappa shape index (κ2) is 8.17. The molecule has 128 valence electrons. The van der Waals surface area contributed by atoms with Gasteiger partial charge in [-0.15, -0.1) is 0 Å². The van der Waals surface area contributed by atoms with Crippen LogP contribution in [-0.2, 0) is 9.53 Å². The van der Waals surface area contributed by atoms with E-state index < -0.39 is 18.5 Å². The van der Waals surface area contributed by atoms with Gasteiger partial charge in [-0.1, -0.05) is 0 Å². The number of anilines is 1. The van der Waals surface area contributed by atoms with E-state index in [2.05, 4.69) is 5.32 Å². The quantitative estimate of drug-likeness (QED) is 0.289. The summed E-state index contributed by atoms with van der Waals surface area (Å²) in [6.07, 6.45) is 2.34. The third kappa shape index (κ3) is 4.96. The van der Waals surface area contributed by atoms with Crippen molar-refractivity contribution < 1.29 is 19.1 Å². The van der Waals surface area contributed by atoms with Crippen LogP contribution in [0.15, 0.2) is 41.6 Å². The molecule has 0 unspecified atom stereocenters. The average molecular weight is 357 g/mol. The Labute approximate surface area is 148 Å². The fourth-order valence-corrected chi connectivity index (χ4v) is 2.75. The summed E-state index contributed by atoms with van der Waals surface area (Å²) in [4.78, 5) is 24.6. The highest BCUT2D eigenvalue weighted by Gasteiger charge is 2.13. The molecule has 0 saturated heterocycles. The Morgan fingerprint density at radius 1 is 1.28 bits per heavy atom. The Balaban J connectivity index is 1.97. The molecule has 0 atom stereocenters. The molecule has 0 saturated carbocycles. The van der Waals surface area contributed by atoms with Crippen molar-refractivity contribution in [1.29, 1.82) is 5.26 Å². The number of rotatable bonds is 5. The highest BCUT2D eigenvalue weighted by molar-refractivity contribution is 8.03. The number of esters is 1. The molecule has 2 rings (SSSR count). The molecule has 0 fully saturated rings. The number of amides is 1. The van der Waals surface area contributed by atoms with Gasteiger partial charge in [-0.3, -0.25) is 4.79 Å². The van der Waals surface area contributed by atoms with Gasteiger partial charge in [-0.25, -0.2) is 4.79 Å². The Hall–Kier alpha value is -3.05. The minimum absolute atomic E-state index is 0.185. The lowest BCUT2D eigenvalue weighted by molar-refractivity contribution is -0.605. The smallest absolute Gasteiger partial charge is 0.339 e. The molecular formula is C17H15N3O4S. The summed E-state index contributed by atoms with van der Waals surface area (Å²) in [5.74, 6) is -1.17. The molecule has 2 aromatic rings. The maximum atomic E-state index is 12.0. The van der Waals surface area contributed by atoms with E-state index in [1.54, 1.807) is 12.1 Å². The van der Waals surface area contributed by atoms with Gasteiger partial charge in [0.2, 0.25) is 0 Å². The van der Waals surface area contributed by atoms with Gasteiger partial charge >= 0.3 is 5.97 Å². The predicted octanol–water partition coefficient (Wildman–Crippen LogP) is 2.31. The summed E-state index contributed by atoms with van der Waals surface area (Å²) in [5.41, 5.74) is 2.42. The van der Waals surface area contributed by atoms with Gasteiger partial charge in [-0.05, 0) is 48.9 Å².